The average molecular weight is 189 g/mol. The Morgan fingerprint density at radius 1 is 1.23 bits per heavy atom. The van der Waals surface area contributed by atoms with E-state index in [1.165, 1.54) is 16.3 Å². The predicted molar refractivity (Wildman–Crippen MR) is 59.9 cm³/mol. The van der Waals surface area contributed by atoms with E-state index < -0.39 is 0 Å². The molecule has 0 aliphatic heterocycles. The fourth-order valence-electron chi connectivity index (χ4n) is 1.35. The molecule has 0 atom stereocenters. The van der Waals surface area contributed by atoms with Gasteiger partial charge in [0.2, 0.25) is 0 Å². The molecule has 0 saturated carbocycles. The number of aryl methyl sites for hydroxylation is 1. The lowest BCUT2D eigenvalue weighted by Gasteiger charge is -2.20. The van der Waals surface area contributed by atoms with Crippen molar-refractivity contribution in [2.45, 2.75) is 39.5 Å². The quantitative estimate of drug-likeness (QED) is 0.595. The first-order chi connectivity index (χ1) is 5.95. The van der Waals surface area contributed by atoms with Gasteiger partial charge >= 0.3 is 0 Å². The fourth-order valence-corrected chi connectivity index (χ4v) is 1.69. The Morgan fingerprint density at radius 2 is 1.85 bits per heavy atom. The second-order valence-electron chi connectivity index (χ2n) is 4.48. The highest BCUT2D eigenvalue weighted by molar-refractivity contribution is 6.33. The molecule has 0 N–H and O–H groups in total. The predicted octanol–water partition coefficient (Wildman–Crippen LogP) is 2.34. The molecule has 1 rings (SSSR count). The van der Waals surface area contributed by atoms with Gasteiger partial charge in [-0.1, -0.05) is 51.1 Å². The Morgan fingerprint density at radius 3 is 2.31 bits per heavy atom. The molecule has 13 heavy (non-hydrogen) atoms. The van der Waals surface area contributed by atoms with Crippen molar-refractivity contribution in [3.05, 3.63) is 29.3 Å². The summed E-state index contributed by atoms with van der Waals surface area (Å²) < 4.78 is 0. The van der Waals surface area contributed by atoms with Crippen LogP contribution in [0.1, 0.15) is 38.8 Å². The Hall–Kier alpha value is -0.563. The number of rotatable bonds is 1. The molecule has 69 valence electrons. The molecule has 0 fully saturated rings. The first kappa shape index (κ1) is 10.5. The molecule has 0 aliphatic carbocycles. The molecule has 1 heteroatoms. The summed E-state index contributed by atoms with van der Waals surface area (Å²) in [4.78, 5) is 0. The zero-order chi connectivity index (χ0) is 10.1. The Labute approximate surface area is 84.8 Å². The summed E-state index contributed by atoms with van der Waals surface area (Å²) in [5, 5.41) is 1.22. The molecule has 0 amide bonds. The van der Waals surface area contributed by atoms with E-state index in [-0.39, 0.29) is 5.41 Å². The lowest BCUT2D eigenvalue weighted by atomic mass is 9.86. The van der Waals surface area contributed by atoms with Crippen molar-refractivity contribution in [2.75, 3.05) is 0 Å². The van der Waals surface area contributed by atoms with Crippen LogP contribution in [0.15, 0.2) is 18.2 Å². The number of benzene rings is 1. The minimum Gasteiger partial charge on any atom is -0.0642 e. The summed E-state index contributed by atoms with van der Waals surface area (Å²) in [7, 11) is 3.61. The van der Waals surface area contributed by atoms with Crippen molar-refractivity contribution in [1.29, 1.82) is 0 Å². The first-order valence-corrected chi connectivity index (χ1v) is 5.30. The molecule has 0 nitrogen and oxygen atoms in total. The van der Waals surface area contributed by atoms with Gasteiger partial charge in [-0.2, -0.15) is 0 Å². The summed E-state index contributed by atoms with van der Waals surface area (Å²) >= 11 is 0. The molecule has 0 heterocycles. The lowest BCUT2D eigenvalue weighted by molar-refractivity contribution is 0.589. The van der Waals surface area contributed by atoms with E-state index in [0.717, 1.165) is 6.42 Å². The van der Waals surface area contributed by atoms with Gasteiger partial charge in [0.15, 0.2) is 0 Å². The minimum atomic E-state index is 0.254. The van der Waals surface area contributed by atoms with Crippen molar-refractivity contribution >= 4 is 15.4 Å². The maximum absolute atomic E-state index is 3.61. The van der Waals surface area contributed by atoms with Crippen LogP contribution in [0.3, 0.4) is 0 Å². The third kappa shape index (κ3) is 2.44. The maximum Gasteiger partial charge on any atom is 0.0715 e. The normalized spacial score (nSPS) is 11.8. The van der Waals surface area contributed by atoms with Crippen LogP contribution in [0.25, 0.3) is 0 Å². The molecule has 0 unspecified atom stereocenters. The number of hydrogen-bond acceptors (Lipinski definition) is 0. The standard InChI is InChI=1S/C12H17Si/c1-5-9-8-10(12(2,3)4)6-7-11(9)13/h6-8H,5H2,1-4H3. The largest absolute Gasteiger partial charge is 0.0715 e. The monoisotopic (exact) mass is 189 g/mol. The topological polar surface area (TPSA) is 0 Å². The second-order valence-corrected chi connectivity index (χ2v) is 5.01. The number of hydrogen-bond donors (Lipinski definition) is 0. The van der Waals surface area contributed by atoms with Crippen LogP contribution in [0.5, 0.6) is 0 Å². The molecule has 1 aromatic carbocycles. The Kier molecular flexibility index (Phi) is 2.97. The molecular formula is C12H17Si. The van der Waals surface area contributed by atoms with Gasteiger partial charge < -0.3 is 0 Å². The van der Waals surface area contributed by atoms with Crippen molar-refractivity contribution in [2.24, 2.45) is 0 Å². The molecular weight excluding hydrogens is 172 g/mol. The van der Waals surface area contributed by atoms with Crippen molar-refractivity contribution in [3.8, 4) is 0 Å². The Balaban J connectivity index is 3.14. The van der Waals surface area contributed by atoms with Gasteiger partial charge in [-0.15, -0.1) is 0 Å². The highest BCUT2D eigenvalue weighted by Gasteiger charge is 2.13. The van der Waals surface area contributed by atoms with E-state index in [9.17, 15) is 0 Å². The van der Waals surface area contributed by atoms with Crippen LogP contribution in [0.2, 0.25) is 0 Å². The van der Waals surface area contributed by atoms with E-state index in [2.05, 4.69) is 56.1 Å². The lowest BCUT2D eigenvalue weighted by Crippen LogP contribution is -2.16. The molecule has 0 spiro atoms. The molecule has 0 aromatic heterocycles. The van der Waals surface area contributed by atoms with Crippen molar-refractivity contribution < 1.29 is 0 Å². The summed E-state index contributed by atoms with van der Waals surface area (Å²) in [6.45, 7) is 8.92. The van der Waals surface area contributed by atoms with Gasteiger partial charge in [-0.3, -0.25) is 0 Å². The van der Waals surface area contributed by atoms with Gasteiger partial charge in [-0.05, 0) is 23.0 Å². The van der Waals surface area contributed by atoms with E-state index in [0.29, 0.717) is 0 Å². The maximum atomic E-state index is 3.61. The summed E-state index contributed by atoms with van der Waals surface area (Å²) in [6.07, 6.45) is 1.09. The van der Waals surface area contributed by atoms with Crippen LogP contribution < -0.4 is 5.19 Å². The molecule has 0 bridgehead atoms. The van der Waals surface area contributed by atoms with Crippen LogP contribution in [-0.4, -0.2) is 10.2 Å². The van der Waals surface area contributed by atoms with Gasteiger partial charge in [0.05, 0.1) is 10.2 Å². The smallest absolute Gasteiger partial charge is 0.0642 e. The van der Waals surface area contributed by atoms with Crippen LogP contribution in [-0.2, 0) is 11.8 Å². The van der Waals surface area contributed by atoms with Gasteiger partial charge in [-0.25, -0.2) is 0 Å². The van der Waals surface area contributed by atoms with Crippen LogP contribution >= 0.6 is 0 Å². The molecule has 3 radical (unpaired) electrons. The highest BCUT2D eigenvalue weighted by atomic mass is 28.1. The van der Waals surface area contributed by atoms with Crippen LogP contribution in [0, 0.1) is 0 Å². The van der Waals surface area contributed by atoms with Crippen molar-refractivity contribution in [1.82, 2.24) is 0 Å². The van der Waals surface area contributed by atoms with E-state index >= 15 is 0 Å². The zero-order valence-corrected chi connectivity index (χ0v) is 9.94. The molecule has 0 saturated heterocycles. The zero-order valence-electron chi connectivity index (χ0n) is 8.94. The first-order valence-electron chi connectivity index (χ1n) is 4.80. The summed E-state index contributed by atoms with van der Waals surface area (Å²) in [5.41, 5.74) is 3.06. The van der Waals surface area contributed by atoms with Gasteiger partial charge in [0.1, 0.15) is 0 Å². The highest BCUT2D eigenvalue weighted by Crippen LogP contribution is 2.22. The third-order valence-electron chi connectivity index (χ3n) is 2.35. The van der Waals surface area contributed by atoms with E-state index in [4.69, 9.17) is 0 Å². The van der Waals surface area contributed by atoms with Gasteiger partial charge in [0, 0.05) is 0 Å². The van der Waals surface area contributed by atoms with Gasteiger partial charge in [0.25, 0.3) is 0 Å². The molecule has 0 aliphatic rings. The van der Waals surface area contributed by atoms with E-state index in [1.54, 1.807) is 0 Å². The molecule has 1 aromatic rings. The fraction of sp³-hybridized carbons (Fsp3) is 0.500. The SMILES string of the molecule is CCc1cc(C(C)(C)C)ccc1[Si]. The average Bonchev–Trinajstić information content (AvgIpc) is 2.03. The van der Waals surface area contributed by atoms with Crippen molar-refractivity contribution in [3.63, 3.8) is 0 Å². The summed E-state index contributed by atoms with van der Waals surface area (Å²) in [5.74, 6) is 0. The minimum absolute atomic E-state index is 0.254. The Bertz CT molecular complexity index is 294. The van der Waals surface area contributed by atoms with E-state index in [1.807, 2.05) is 0 Å². The third-order valence-corrected chi connectivity index (χ3v) is 2.84. The summed E-state index contributed by atoms with van der Waals surface area (Å²) in [6, 6.07) is 6.64. The second kappa shape index (κ2) is 3.67. The van der Waals surface area contributed by atoms with Crippen LogP contribution in [0.4, 0.5) is 0 Å².